The molecule has 1 saturated heterocycles. The second kappa shape index (κ2) is 19.2. The number of hydrogen-bond acceptors (Lipinski definition) is 6. The van der Waals surface area contributed by atoms with Crippen molar-refractivity contribution in [3.63, 3.8) is 0 Å². The van der Waals surface area contributed by atoms with Crippen LogP contribution in [0.15, 0.2) is 66.8 Å². The van der Waals surface area contributed by atoms with E-state index in [9.17, 15) is 9.59 Å². The lowest BCUT2D eigenvalue weighted by molar-refractivity contribution is -0.140. The first-order valence-corrected chi connectivity index (χ1v) is 15.6. The monoisotopic (exact) mass is 544 g/mol. The van der Waals surface area contributed by atoms with Gasteiger partial charge in [-0.2, -0.15) is 0 Å². The molecular weight excluding hydrogens is 500 g/mol. The van der Waals surface area contributed by atoms with Crippen molar-refractivity contribution in [2.45, 2.75) is 87.7 Å². The van der Waals surface area contributed by atoms with E-state index in [0.29, 0.717) is 24.8 Å². The average molecular weight is 545 g/mol. The summed E-state index contributed by atoms with van der Waals surface area (Å²) >= 11 is 4.26. The van der Waals surface area contributed by atoms with Crippen LogP contribution >= 0.6 is 23.5 Å². The second-order valence-electron chi connectivity index (χ2n) is 9.26. The smallest absolute Gasteiger partial charge is 0.338 e. The van der Waals surface area contributed by atoms with E-state index < -0.39 is 6.10 Å². The number of carbonyl (C=O) groups excluding carboxylic acids is 2. The molecule has 1 heterocycles. The number of esters is 2. The SMILES string of the molecule is CCCCC/C=C\CC1(CC/C=C/C=C/[C@H](CCCC(=O)OC)OC(=O)c2ccccc2)SCCCS1. The Morgan fingerprint density at radius 3 is 2.51 bits per heavy atom. The fraction of sp³-hybridized carbons (Fsp3) is 0.548. The lowest BCUT2D eigenvalue weighted by Crippen LogP contribution is -2.24. The van der Waals surface area contributed by atoms with Crippen LogP contribution in [0.25, 0.3) is 0 Å². The second-order valence-corrected chi connectivity index (χ2v) is 12.5. The predicted molar refractivity (Wildman–Crippen MR) is 159 cm³/mol. The van der Waals surface area contributed by atoms with E-state index >= 15 is 0 Å². The first-order valence-electron chi connectivity index (χ1n) is 13.7. The van der Waals surface area contributed by atoms with Crippen LogP contribution in [-0.4, -0.2) is 40.7 Å². The summed E-state index contributed by atoms with van der Waals surface area (Å²) in [4.78, 5) is 24.0. The van der Waals surface area contributed by atoms with Crippen LogP contribution in [0, 0.1) is 0 Å². The van der Waals surface area contributed by atoms with E-state index in [2.05, 4.69) is 54.8 Å². The van der Waals surface area contributed by atoms with Crippen molar-refractivity contribution >= 4 is 35.5 Å². The van der Waals surface area contributed by atoms with Gasteiger partial charge in [-0.25, -0.2) is 4.79 Å². The highest BCUT2D eigenvalue weighted by Crippen LogP contribution is 2.48. The van der Waals surface area contributed by atoms with E-state index in [4.69, 9.17) is 9.47 Å². The van der Waals surface area contributed by atoms with Gasteiger partial charge in [0.05, 0.1) is 16.8 Å². The molecule has 0 spiro atoms. The maximum atomic E-state index is 12.5. The van der Waals surface area contributed by atoms with Gasteiger partial charge in [0.1, 0.15) is 6.10 Å². The molecular formula is C31H44O4S2. The minimum absolute atomic E-state index is 0.250. The zero-order valence-electron chi connectivity index (χ0n) is 22.6. The third-order valence-electron chi connectivity index (χ3n) is 6.22. The highest BCUT2D eigenvalue weighted by molar-refractivity contribution is 8.18. The van der Waals surface area contributed by atoms with Crippen LogP contribution in [0.3, 0.4) is 0 Å². The highest BCUT2D eigenvalue weighted by atomic mass is 32.2. The molecule has 0 amide bonds. The molecule has 0 radical (unpaired) electrons. The van der Waals surface area contributed by atoms with Crippen molar-refractivity contribution < 1.29 is 19.1 Å². The molecule has 0 bridgehead atoms. The van der Waals surface area contributed by atoms with E-state index in [-0.39, 0.29) is 16.0 Å². The molecule has 1 aliphatic rings. The molecule has 2 rings (SSSR count). The lowest BCUT2D eigenvalue weighted by atomic mass is 10.1. The van der Waals surface area contributed by atoms with Crippen LogP contribution in [0.4, 0.5) is 0 Å². The molecule has 1 aliphatic heterocycles. The summed E-state index contributed by atoms with van der Waals surface area (Å²) in [5.74, 6) is 1.90. The molecule has 1 atom stereocenters. The highest BCUT2D eigenvalue weighted by Gasteiger charge is 2.31. The Morgan fingerprint density at radius 2 is 1.78 bits per heavy atom. The lowest BCUT2D eigenvalue weighted by Gasteiger charge is -2.35. The molecule has 1 aromatic carbocycles. The maximum Gasteiger partial charge on any atom is 0.338 e. The van der Waals surface area contributed by atoms with Gasteiger partial charge in [-0.15, -0.1) is 23.5 Å². The number of rotatable bonds is 17. The zero-order chi connectivity index (χ0) is 26.6. The number of methoxy groups -OCH3 is 1. The van der Waals surface area contributed by atoms with Gasteiger partial charge in [-0.3, -0.25) is 4.79 Å². The summed E-state index contributed by atoms with van der Waals surface area (Å²) < 4.78 is 10.7. The molecule has 1 aromatic rings. The van der Waals surface area contributed by atoms with Crippen molar-refractivity contribution in [3.8, 4) is 0 Å². The largest absolute Gasteiger partial charge is 0.469 e. The van der Waals surface area contributed by atoms with Gasteiger partial charge in [0.25, 0.3) is 0 Å². The summed E-state index contributed by atoms with van der Waals surface area (Å²) in [5.41, 5.74) is 0.525. The van der Waals surface area contributed by atoms with Crippen molar-refractivity contribution in [2.24, 2.45) is 0 Å². The van der Waals surface area contributed by atoms with Gasteiger partial charge in [0.2, 0.25) is 0 Å². The maximum absolute atomic E-state index is 12.5. The summed E-state index contributed by atoms with van der Waals surface area (Å²) in [7, 11) is 1.39. The Kier molecular flexibility index (Phi) is 16.2. The normalized spacial score (nSPS) is 16.4. The molecule has 37 heavy (non-hydrogen) atoms. The van der Waals surface area contributed by atoms with Gasteiger partial charge in [0.15, 0.2) is 0 Å². The van der Waals surface area contributed by atoms with Crippen molar-refractivity contribution in [1.82, 2.24) is 0 Å². The number of allylic oxidation sites excluding steroid dienone is 5. The number of hydrogen-bond donors (Lipinski definition) is 0. The molecule has 1 fully saturated rings. The Hall–Kier alpha value is -1.92. The molecule has 4 nitrogen and oxygen atoms in total. The molecule has 0 unspecified atom stereocenters. The van der Waals surface area contributed by atoms with Gasteiger partial charge in [-0.1, -0.05) is 68.3 Å². The van der Waals surface area contributed by atoms with E-state index in [1.165, 1.54) is 50.7 Å². The van der Waals surface area contributed by atoms with E-state index in [1.807, 2.05) is 30.4 Å². The molecule has 0 N–H and O–H groups in total. The van der Waals surface area contributed by atoms with Crippen LogP contribution in [0.2, 0.25) is 0 Å². The summed E-state index contributed by atoms with van der Waals surface area (Å²) in [6, 6.07) is 9.00. The number of benzene rings is 1. The van der Waals surface area contributed by atoms with Crippen molar-refractivity contribution in [2.75, 3.05) is 18.6 Å². The Labute approximate surface area is 232 Å². The summed E-state index contributed by atoms with van der Waals surface area (Å²) in [6.07, 6.45) is 23.7. The van der Waals surface area contributed by atoms with E-state index in [0.717, 1.165) is 19.3 Å². The minimum atomic E-state index is -0.393. The van der Waals surface area contributed by atoms with Crippen LogP contribution < -0.4 is 0 Å². The molecule has 204 valence electrons. The van der Waals surface area contributed by atoms with Crippen LogP contribution in [-0.2, 0) is 14.3 Å². The van der Waals surface area contributed by atoms with Crippen molar-refractivity contribution in [1.29, 1.82) is 0 Å². The molecule has 0 saturated carbocycles. The molecule has 0 aliphatic carbocycles. The summed E-state index contributed by atoms with van der Waals surface area (Å²) in [6.45, 7) is 2.25. The van der Waals surface area contributed by atoms with Gasteiger partial charge in [0, 0.05) is 6.42 Å². The molecule has 0 aromatic heterocycles. The fourth-order valence-electron chi connectivity index (χ4n) is 4.06. The first-order chi connectivity index (χ1) is 18.1. The van der Waals surface area contributed by atoms with Gasteiger partial charge < -0.3 is 9.47 Å². The quantitative estimate of drug-likeness (QED) is 0.0847. The van der Waals surface area contributed by atoms with E-state index in [1.54, 1.807) is 12.1 Å². The Bertz CT molecular complexity index is 857. The number of thioether (sulfide) groups is 2. The third-order valence-corrected chi connectivity index (χ3v) is 9.71. The molecule has 6 heteroatoms. The van der Waals surface area contributed by atoms with Crippen LogP contribution in [0.5, 0.6) is 0 Å². The first kappa shape index (κ1) is 31.3. The Morgan fingerprint density at radius 1 is 1.00 bits per heavy atom. The average Bonchev–Trinajstić information content (AvgIpc) is 2.93. The summed E-state index contributed by atoms with van der Waals surface area (Å²) in [5, 5.41) is 0. The fourth-order valence-corrected chi connectivity index (χ4v) is 7.35. The van der Waals surface area contributed by atoms with Gasteiger partial charge in [-0.05, 0) is 81.1 Å². The van der Waals surface area contributed by atoms with Gasteiger partial charge >= 0.3 is 11.9 Å². The standard InChI is InChI=1S/C31H44O4S2/c1-3-4-5-6-8-14-23-31(36-25-17-26-37-31)24-15-9-7-13-20-28(21-16-22-29(32)34-2)35-30(33)27-18-11-10-12-19-27/h7-14,18-20,28H,3-6,15-17,21-26H2,1-2H3/b9-7+,14-8-,20-13+/t28-/m1/s1. The Balaban J connectivity index is 1.88. The third kappa shape index (κ3) is 13.4. The number of carbonyl (C=O) groups is 2. The minimum Gasteiger partial charge on any atom is -0.469 e. The predicted octanol–water partition coefficient (Wildman–Crippen LogP) is 8.54. The number of ether oxygens (including phenoxy) is 2. The zero-order valence-corrected chi connectivity index (χ0v) is 24.2. The van der Waals surface area contributed by atoms with Crippen LogP contribution in [0.1, 0.15) is 87.9 Å². The van der Waals surface area contributed by atoms with Crippen molar-refractivity contribution in [3.05, 3.63) is 72.4 Å². The topological polar surface area (TPSA) is 52.6 Å². The number of unbranched alkanes of at least 4 members (excludes halogenated alkanes) is 3.